The smallest absolute Gasteiger partial charge is 0.241 e. The van der Waals surface area contributed by atoms with Crippen molar-refractivity contribution in [2.45, 2.75) is 32.9 Å². The van der Waals surface area contributed by atoms with E-state index in [4.69, 9.17) is 24.7 Å². The molecule has 2 fully saturated rings. The zero-order chi connectivity index (χ0) is 26.4. The normalized spacial score (nSPS) is 18.1. The second-order valence-electron chi connectivity index (χ2n) is 11.1. The van der Waals surface area contributed by atoms with Crippen molar-refractivity contribution in [2.24, 2.45) is 7.05 Å². The molecule has 0 saturated carbocycles. The zero-order valence-electron chi connectivity index (χ0n) is 23.1. The molecule has 11 heteroatoms. The number of nitrogens with one attached hydrogen (secondary N) is 1. The molecule has 38 heavy (non-hydrogen) atoms. The Labute approximate surface area is 223 Å². The van der Waals surface area contributed by atoms with Crippen LogP contribution in [-0.2, 0) is 18.3 Å². The van der Waals surface area contributed by atoms with E-state index in [1.807, 2.05) is 29.8 Å². The van der Waals surface area contributed by atoms with Gasteiger partial charge in [-0.15, -0.1) is 0 Å². The van der Waals surface area contributed by atoms with E-state index in [1.54, 1.807) is 0 Å². The van der Waals surface area contributed by atoms with Crippen molar-refractivity contribution in [1.82, 2.24) is 38.9 Å². The van der Waals surface area contributed by atoms with Crippen LogP contribution >= 0.6 is 0 Å². The summed E-state index contributed by atoms with van der Waals surface area (Å²) in [7, 11) is 3.95. The number of imidazole rings is 2. The predicted octanol–water partition coefficient (Wildman–Crippen LogP) is 2.50. The van der Waals surface area contributed by atoms with Gasteiger partial charge in [0.2, 0.25) is 11.9 Å². The number of aryl methyl sites for hydroxylation is 1. The van der Waals surface area contributed by atoms with Crippen LogP contribution in [0, 0.1) is 0 Å². The highest BCUT2D eigenvalue weighted by Gasteiger charge is 2.28. The Hall–Kier alpha value is -3.28. The highest BCUT2D eigenvalue weighted by atomic mass is 16.5. The first-order valence-electron chi connectivity index (χ1n) is 13.5. The lowest BCUT2D eigenvalue weighted by Gasteiger charge is -2.42. The zero-order valence-corrected chi connectivity index (χ0v) is 23.1. The Kier molecular flexibility index (Phi) is 6.45. The highest BCUT2D eigenvalue weighted by molar-refractivity contribution is 5.86. The molecule has 0 radical (unpaired) electrons. The van der Waals surface area contributed by atoms with Gasteiger partial charge in [0.15, 0.2) is 17.0 Å². The predicted molar refractivity (Wildman–Crippen MR) is 150 cm³/mol. The Bertz CT molecular complexity index is 1440. The molecule has 6 rings (SSSR count). The van der Waals surface area contributed by atoms with E-state index < -0.39 is 0 Å². The Morgan fingerprint density at radius 3 is 2.37 bits per heavy atom. The summed E-state index contributed by atoms with van der Waals surface area (Å²) in [5.41, 5.74) is 3.74. The third-order valence-electron chi connectivity index (χ3n) is 7.76. The first kappa shape index (κ1) is 25.0. The number of fused-ring (bicyclic) bond motifs is 2. The number of aromatic nitrogens is 6. The SMILES string of the molecule is CNc1nc2ccccc2n1-c1nc(N2CCOCC2)c2nc(CN3CCN(C(C)(C)C)CC3)n(C)c2n1. The number of hydrogen-bond acceptors (Lipinski definition) is 9. The van der Waals surface area contributed by atoms with Gasteiger partial charge in [-0.3, -0.25) is 9.80 Å². The summed E-state index contributed by atoms with van der Waals surface area (Å²) in [6.07, 6.45) is 0. The number of piperazine rings is 1. The maximum absolute atomic E-state index is 5.65. The lowest BCUT2D eigenvalue weighted by atomic mass is 10.1. The fourth-order valence-corrected chi connectivity index (χ4v) is 5.49. The fraction of sp³-hybridized carbons (Fsp3) is 0.556. The maximum Gasteiger partial charge on any atom is 0.241 e. The lowest BCUT2D eigenvalue weighted by Crippen LogP contribution is -2.53. The van der Waals surface area contributed by atoms with E-state index >= 15 is 0 Å². The number of para-hydroxylation sites is 2. The van der Waals surface area contributed by atoms with Gasteiger partial charge < -0.3 is 19.5 Å². The summed E-state index contributed by atoms with van der Waals surface area (Å²) in [5.74, 6) is 3.16. The molecule has 0 aliphatic carbocycles. The molecule has 0 amide bonds. The van der Waals surface area contributed by atoms with Crippen molar-refractivity contribution in [3.8, 4) is 5.95 Å². The van der Waals surface area contributed by atoms with Crippen molar-refractivity contribution >= 4 is 34.0 Å². The van der Waals surface area contributed by atoms with E-state index in [1.165, 1.54) is 0 Å². The minimum absolute atomic E-state index is 0.201. The molecular formula is C27H38N10O. The van der Waals surface area contributed by atoms with Crippen LogP contribution in [0.25, 0.3) is 28.1 Å². The van der Waals surface area contributed by atoms with Gasteiger partial charge >= 0.3 is 0 Å². The molecule has 4 aromatic rings. The Morgan fingerprint density at radius 2 is 1.66 bits per heavy atom. The molecule has 11 nitrogen and oxygen atoms in total. The minimum Gasteiger partial charge on any atom is -0.378 e. The van der Waals surface area contributed by atoms with Gasteiger partial charge in [0.25, 0.3) is 0 Å². The second-order valence-corrected chi connectivity index (χ2v) is 11.1. The molecule has 0 bridgehead atoms. The van der Waals surface area contributed by atoms with Crippen LogP contribution in [-0.4, -0.2) is 104 Å². The van der Waals surface area contributed by atoms with E-state index in [2.05, 4.69) is 58.5 Å². The van der Waals surface area contributed by atoms with Gasteiger partial charge in [0, 0.05) is 58.9 Å². The van der Waals surface area contributed by atoms with E-state index in [0.29, 0.717) is 25.1 Å². The summed E-state index contributed by atoms with van der Waals surface area (Å²) in [5, 5.41) is 3.22. The van der Waals surface area contributed by atoms with Crippen LogP contribution in [0.1, 0.15) is 26.6 Å². The first-order chi connectivity index (χ1) is 18.3. The number of ether oxygens (including phenoxy) is 1. The topological polar surface area (TPSA) is 92.4 Å². The average molecular weight is 519 g/mol. The standard InChI is InChI=1S/C27H38N10O/c1-27(2,3)36-12-10-34(11-13-36)18-21-30-22-23(33(21)5)31-26(32-24(22)35-14-16-38-17-15-35)37-20-9-7-6-8-19(20)29-25(37)28-4/h6-9H,10-18H2,1-5H3,(H,28,29). The van der Waals surface area contributed by atoms with Crippen molar-refractivity contribution in [1.29, 1.82) is 0 Å². The minimum atomic E-state index is 0.201. The van der Waals surface area contributed by atoms with Crippen LogP contribution in [0.2, 0.25) is 0 Å². The average Bonchev–Trinajstić information content (AvgIpc) is 3.46. The van der Waals surface area contributed by atoms with Gasteiger partial charge in [-0.05, 0) is 32.9 Å². The molecule has 0 unspecified atom stereocenters. The maximum atomic E-state index is 5.65. The van der Waals surface area contributed by atoms with Crippen molar-refractivity contribution < 1.29 is 4.74 Å². The number of hydrogen-bond donors (Lipinski definition) is 1. The van der Waals surface area contributed by atoms with Gasteiger partial charge in [0.1, 0.15) is 5.82 Å². The van der Waals surface area contributed by atoms with Crippen LogP contribution in [0.5, 0.6) is 0 Å². The molecule has 0 spiro atoms. The van der Waals surface area contributed by atoms with E-state index in [-0.39, 0.29) is 5.54 Å². The summed E-state index contributed by atoms with van der Waals surface area (Å²) in [6, 6.07) is 8.08. The molecule has 3 aromatic heterocycles. The number of anilines is 2. The molecule has 5 heterocycles. The van der Waals surface area contributed by atoms with Gasteiger partial charge in [-0.2, -0.15) is 9.97 Å². The molecule has 1 aromatic carbocycles. The first-order valence-corrected chi connectivity index (χ1v) is 13.5. The third-order valence-corrected chi connectivity index (χ3v) is 7.76. The number of nitrogens with zero attached hydrogens (tertiary/aromatic N) is 9. The van der Waals surface area contributed by atoms with Crippen molar-refractivity contribution in [3.05, 3.63) is 30.1 Å². The number of benzene rings is 1. The van der Waals surface area contributed by atoms with Gasteiger partial charge in [-0.25, -0.2) is 14.5 Å². The van der Waals surface area contributed by atoms with E-state index in [0.717, 1.165) is 79.7 Å². The summed E-state index contributed by atoms with van der Waals surface area (Å²) in [6.45, 7) is 14.8. The molecule has 2 aliphatic heterocycles. The molecule has 0 atom stereocenters. The summed E-state index contributed by atoms with van der Waals surface area (Å²) < 4.78 is 9.78. The molecule has 2 aliphatic rings. The largest absolute Gasteiger partial charge is 0.378 e. The van der Waals surface area contributed by atoms with Gasteiger partial charge in [-0.1, -0.05) is 12.1 Å². The van der Waals surface area contributed by atoms with Crippen LogP contribution in [0.15, 0.2) is 24.3 Å². The molecular weight excluding hydrogens is 480 g/mol. The third kappa shape index (κ3) is 4.48. The summed E-state index contributed by atoms with van der Waals surface area (Å²) >= 11 is 0. The van der Waals surface area contributed by atoms with Crippen molar-refractivity contribution in [2.75, 3.05) is 69.7 Å². The van der Waals surface area contributed by atoms with Crippen LogP contribution in [0.4, 0.5) is 11.8 Å². The number of rotatable bonds is 5. The van der Waals surface area contributed by atoms with Gasteiger partial charge in [0.05, 0.1) is 30.8 Å². The lowest BCUT2D eigenvalue weighted by molar-refractivity contribution is 0.0577. The highest BCUT2D eigenvalue weighted by Crippen LogP contribution is 2.30. The quantitative estimate of drug-likeness (QED) is 0.428. The number of morpholine rings is 1. The van der Waals surface area contributed by atoms with E-state index in [9.17, 15) is 0 Å². The second kappa shape index (κ2) is 9.79. The summed E-state index contributed by atoms with van der Waals surface area (Å²) in [4.78, 5) is 27.4. The molecule has 202 valence electrons. The monoisotopic (exact) mass is 518 g/mol. The Balaban J connectivity index is 1.42. The Morgan fingerprint density at radius 1 is 0.921 bits per heavy atom. The molecule has 2 saturated heterocycles. The fourth-order valence-electron chi connectivity index (χ4n) is 5.49. The molecule has 1 N–H and O–H groups in total. The van der Waals surface area contributed by atoms with Crippen molar-refractivity contribution in [3.63, 3.8) is 0 Å². The van der Waals surface area contributed by atoms with Crippen LogP contribution in [0.3, 0.4) is 0 Å². The van der Waals surface area contributed by atoms with Crippen LogP contribution < -0.4 is 10.2 Å².